The lowest BCUT2D eigenvalue weighted by atomic mass is 9.80. The number of nitrogens with two attached hydrogens (primary N) is 1. The van der Waals surface area contributed by atoms with E-state index in [0.717, 1.165) is 25.7 Å². The quantitative estimate of drug-likeness (QED) is 0.386. The molecule has 1 aromatic carbocycles. The van der Waals surface area contributed by atoms with Gasteiger partial charge in [0.2, 0.25) is 5.78 Å². The van der Waals surface area contributed by atoms with Crippen LogP contribution in [0.25, 0.3) is 0 Å². The third-order valence-electron chi connectivity index (χ3n) is 4.05. The van der Waals surface area contributed by atoms with E-state index in [4.69, 9.17) is 5.73 Å². The number of nitrogens with one attached hydrogen (secondary N) is 1. The van der Waals surface area contributed by atoms with E-state index in [1.807, 2.05) is 22.9 Å². The Morgan fingerprint density at radius 3 is 2.64 bits per heavy atom. The molecule has 1 saturated carbocycles. The van der Waals surface area contributed by atoms with Crippen LogP contribution in [-0.2, 0) is 4.79 Å². The van der Waals surface area contributed by atoms with Crippen LogP contribution < -0.4 is 11.1 Å². The van der Waals surface area contributed by atoms with Gasteiger partial charge in [-0.3, -0.25) is 4.79 Å². The normalized spacial score (nSPS) is 22.5. The molecule has 0 aromatic heterocycles. The van der Waals surface area contributed by atoms with E-state index in [9.17, 15) is 9.18 Å². The van der Waals surface area contributed by atoms with Crippen LogP contribution in [0, 0.1) is 17.7 Å². The third kappa shape index (κ3) is 4.48. The van der Waals surface area contributed by atoms with Crippen molar-refractivity contribution in [2.24, 2.45) is 20.8 Å². The molecule has 120 valence electrons. The third-order valence-corrected chi connectivity index (χ3v) is 5.14. The maximum atomic E-state index is 13.3. The first kappa shape index (κ1) is 17.8. The monoisotopic (exact) mass is 481 g/mol. The zero-order valence-electron chi connectivity index (χ0n) is 12.0. The fourth-order valence-electron chi connectivity index (χ4n) is 2.69. The smallest absolute Gasteiger partial charge is 0.201 e. The average molecular weight is 482 g/mol. The molecule has 0 atom stereocenters. The first-order valence-electron chi connectivity index (χ1n) is 7.20. The number of hydrogen-bond donors (Lipinski definition) is 2. The van der Waals surface area contributed by atoms with Gasteiger partial charge >= 0.3 is 0 Å². The van der Waals surface area contributed by atoms with Gasteiger partial charge in [0, 0.05) is 11.6 Å². The molecular formula is C15H18BrFIN3O. The van der Waals surface area contributed by atoms with E-state index < -0.39 is 0 Å². The Morgan fingerprint density at radius 1 is 1.41 bits per heavy atom. The van der Waals surface area contributed by atoms with Gasteiger partial charge in [0.05, 0.1) is 27.3 Å². The van der Waals surface area contributed by atoms with Crippen LogP contribution in [0.2, 0.25) is 0 Å². The highest BCUT2D eigenvalue weighted by Gasteiger charge is 2.28. The summed E-state index contributed by atoms with van der Waals surface area (Å²) in [7, 11) is 0. The van der Waals surface area contributed by atoms with Crippen LogP contribution in [0.3, 0.4) is 0 Å². The second-order valence-electron chi connectivity index (χ2n) is 5.50. The fourth-order valence-corrected chi connectivity index (χ4v) is 3.43. The van der Waals surface area contributed by atoms with Crippen molar-refractivity contribution in [2.45, 2.75) is 25.7 Å². The molecule has 0 heterocycles. The van der Waals surface area contributed by atoms with Gasteiger partial charge in [-0.15, -0.1) is 0 Å². The Balaban J connectivity index is 2.02. The number of benzene rings is 1. The van der Waals surface area contributed by atoms with E-state index in [2.05, 4.69) is 24.5 Å². The SMILES string of the molecule is NC[C@H]1CC[C@H](C(=O)/C(=N/I)Nc2ccc(F)c(Br)c2)CC1. The Bertz CT molecular complexity index is 574. The second kappa shape index (κ2) is 8.35. The van der Waals surface area contributed by atoms with Gasteiger partial charge < -0.3 is 11.1 Å². The summed E-state index contributed by atoms with van der Waals surface area (Å²) in [6, 6.07) is 4.52. The van der Waals surface area contributed by atoms with Crippen LogP contribution in [-0.4, -0.2) is 18.2 Å². The van der Waals surface area contributed by atoms with Gasteiger partial charge in [-0.05, 0) is 72.3 Å². The Labute approximate surface area is 151 Å². The summed E-state index contributed by atoms with van der Waals surface area (Å²) in [5, 5.41) is 2.99. The summed E-state index contributed by atoms with van der Waals surface area (Å²) >= 11 is 4.95. The number of carbonyl (C=O) groups excluding carboxylic acids is 1. The Morgan fingerprint density at radius 2 is 2.09 bits per heavy atom. The highest BCUT2D eigenvalue weighted by molar-refractivity contribution is 14.1. The van der Waals surface area contributed by atoms with E-state index >= 15 is 0 Å². The van der Waals surface area contributed by atoms with Crippen molar-refractivity contribution in [3.63, 3.8) is 0 Å². The number of Topliss-reactive ketones (excluding diaryl/α,β-unsaturated/α-hetero) is 1. The Kier molecular flexibility index (Phi) is 6.76. The van der Waals surface area contributed by atoms with Gasteiger partial charge in [0.15, 0.2) is 5.84 Å². The number of halogens is 3. The van der Waals surface area contributed by atoms with E-state index in [0.29, 0.717) is 28.5 Å². The molecule has 0 radical (unpaired) electrons. The predicted octanol–water partition coefficient (Wildman–Crippen LogP) is 4.08. The first-order valence-corrected chi connectivity index (χ1v) is 8.96. The van der Waals surface area contributed by atoms with Crippen molar-refractivity contribution in [3.8, 4) is 0 Å². The van der Waals surface area contributed by atoms with Crippen LogP contribution in [0.1, 0.15) is 25.7 Å². The number of nitrogens with zero attached hydrogens (tertiary/aromatic N) is 1. The molecule has 0 spiro atoms. The second-order valence-corrected chi connectivity index (χ2v) is 6.84. The summed E-state index contributed by atoms with van der Waals surface area (Å²) in [4.78, 5) is 12.6. The van der Waals surface area contributed by atoms with Gasteiger partial charge in [-0.2, -0.15) is 3.21 Å². The first-order chi connectivity index (χ1) is 10.5. The molecule has 0 bridgehead atoms. The predicted molar refractivity (Wildman–Crippen MR) is 98.7 cm³/mol. The topological polar surface area (TPSA) is 67.5 Å². The molecule has 22 heavy (non-hydrogen) atoms. The Hall–Kier alpha value is -0.540. The molecule has 0 saturated heterocycles. The van der Waals surface area contributed by atoms with Crippen LogP contribution in [0.15, 0.2) is 25.9 Å². The minimum atomic E-state index is -0.343. The largest absolute Gasteiger partial charge is 0.337 e. The van der Waals surface area contributed by atoms with Crippen molar-refractivity contribution in [3.05, 3.63) is 28.5 Å². The maximum absolute atomic E-state index is 13.3. The zero-order chi connectivity index (χ0) is 16.1. The molecule has 3 N–H and O–H groups in total. The zero-order valence-corrected chi connectivity index (χ0v) is 15.7. The summed E-state index contributed by atoms with van der Waals surface area (Å²) in [5.41, 5.74) is 6.31. The standard InChI is InChI=1S/C15H18BrFIN3O/c16-12-7-11(5-6-13(12)17)20-15(21-18)14(22)10-3-1-9(8-19)2-4-10/h5-7,9-10H,1-4,8,19H2,(H,20,21)/t9-,10-. The summed E-state index contributed by atoms with van der Waals surface area (Å²) in [6.45, 7) is 0.690. The average Bonchev–Trinajstić information content (AvgIpc) is 2.55. The van der Waals surface area contributed by atoms with Crippen LogP contribution in [0.4, 0.5) is 10.1 Å². The fraction of sp³-hybridized carbons (Fsp3) is 0.467. The summed E-state index contributed by atoms with van der Waals surface area (Å²) < 4.78 is 17.6. The number of hydrogen-bond acceptors (Lipinski definition) is 3. The molecule has 7 heteroatoms. The summed E-state index contributed by atoms with van der Waals surface area (Å²) in [5.74, 6) is 0.517. The minimum Gasteiger partial charge on any atom is -0.337 e. The molecule has 1 aliphatic carbocycles. The molecule has 1 aromatic rings. The molecule has 4 nitrogen and oxygen atoms in total. The van der Waals surface area contributed by atoms with E-state index in [-0.39, 0.29) is 17.5 Å². The van der Waals surface area contributed by atoms with Gasteiger partial charge in [-0.25, -0.2) is 4.39 Å². The lowest BCUT2D eigenvalue weighted by Gasteiger charge is -2.26. The number of ketones is 1. The molecule has 1 fully saturated rings. The number of rotatable bonds is 4. The van der Waals surface area contributed by atoms with Crippen molar-refractivity contribution in [2.75, 3.05) is 11.9 Å². The molecule has 0 aliphatic heterocycles. The van der Waals surface area contributed by atoms with Crippen molar-refractivity contribution < 1.29 is 9.18 Å². The highest BCUT2D eigenvalue weighted by Crippen LogP contribution is 2.29. The molecular weight excluding hydrogens is 464 g/mol. The highest BCUT2D eigenvalue weighted by atomic mass is 127. The van der Waals surface area contributed by atoms with Crippen molar-refractivity contribution in [1.82, 2.24) is 0 Å². The van der Waals surface area contributed by atoms with Gasteiger partial charge in [-0.1, -0.05) is 0 Å². The van der Waals surface area contributed by atoms with E-state index in [1.54, 1.807) is 12.1 Å². The lowest BCUT2D eigenvalue weighted by Crippen LogP contribution is -2.33. The summed E-state index contributed by atoms with van der Waals surface area (Å²) in [6.07, 6.45) is 3.68. The van der Waals surface area contributed by atoms with Gasteiger partial charge in [0.25, 0.3) is 0 Å². The van der Waals surface area contributed by atoms with Crippen LogP contribution >= 0.6 is 38.8 Å². The number of carbonyl (C=O) groups is 1. The molecule has 2 rings (SSSR count). The number of amidine groups is 1. The maximum Gasteiger partial charge on any atom is 0.201 e. The molecule has 0 amide bonds. The van der Waals surface area contributed by atoms with E-state index in [1.165, 1.54) is 6.07 Å². The lowest BCUT2D eigenvalue weighted by molar-refractivity contribution is -0.117. The van der Waals surface area contributed by atoms with Crippen molar-refractivity contribution >= 4 is 56.1 Å². The van der Waals surface area contributed by atoms with Gasteiger partial charge in [0.1, 0.15) is 5.82 Å². The number of anilines is 1. The molecule has 0 unspecified atom stereocenters. The van der Waals surface area contributed by atoms with Crippen LogP contribution in [0.5, 0.6) is 0 Å². The van der Waals surface area contributed by atoms with Crippen molar-refractivity contribution in [1.29, 1.82) is 0 Å². The molecule has 1 aliphatic rings. The minimum absolute atomic E-state index is 0.00675.